The molecule has 2 amide bonds. The number of carbonyl (C=O) groups excluding carboxylic acids is 3. The summed E-state index contributed by atoms with van der Waals surface area (Å²) in [4.78, 5) is 38.1. The first-order chi connectivity index (χ1) is 12.5. The summed E-state index contributed by atoms with van der Waals surface area (Å²) in [5.74, 6) is -0.623. The van der Waals surface area contributed by atoms with Gasteiger partial charge in [-0.15, -0.1) is 0 Å². The fourth-order valence-corrected chi connectivity index (χ4v) is 4.24. The Morgan fingerprint density at radius 1 is 1.04 bits per heavy atom. The first-order valence-electron chi connectivity index (χ1n) is 8.93. The molecule has 2 bridgehead atoms. The SMILES string of the molecule is Cc1ccc(OCCOC(=O)CN2C(=O)C3C4C=CC(C4)C3C2=O)cc1. The Hall–Kier alpha value is -2.63. The maximum atomic E-state index is 12.5. The van der Waals surface area contributed by atoms with Crippen LogP contribution in [0, 0.1) is 30.6 Å². The van der Waals surface area contributed by atoms with Gasteiger partial charge in [0.25, 0.3) is 0 Å². The molecule has 1 saturated heterocycles. The monoisotopic (exact) mass is 355 g/mol. The van der Waals surface area contributed by atoms with Crippen LogP contribution < -0.4 is 4.74 Å². The van der Waals surface area contributed by atoms with Gasteiger partial charge in [0.15, 0.2) is 0 Å². The summed E-state index contributed by atoms with van der Waals surface area (Å²) < 4.78 is 10.6. The molecule has 1 saturated carbocycles. The Morgan fingerprint density at radius 3 is 2.27 bits per heavy atom. The molecule has 3 aliphatic rings. The number of imide groups is 1. The maximum Gasteiger partial charge on any atom is 0.326 e. The lowest BCUT2D eigenvalue weighted by molar-refractivity contribution is -0.153. The molecule has 2 fully saturated rings. The Bertz CT molecular complexity index is 739. The van der Waals surface area contributed by atoms with Crippen LogP contribution in [-0.2, 0) is 19.1 Å². The van der Waals surface area contributed by atoms with Crippen molar-refractivity contribution >= 4 is 17.8 Å². The van der Waals surface area contributed by atoms with Gasteiger partial charge in [0.05, 0.1) is 11.8 Å². The number of ether oxygens (including phenoxy) is 2. The smallest absolute Gasteiger partial charge is 0.326 e. The molecule has 4 rings (SSSR count). The summed E-state index contributed by atoms with van der Waals surface area (Å²) in [5, 5.41) is 0. The van der Waals surface area contributed by atoms with Crippen LogP contribution in [0.25, 0.3) is 0 Å². The van der Waals surface area contributed by atoms with E-state index in [4.69, 9.17) is 9.47 Å². The molecule has 26 heavy (non-hydrogen) atoms. The second-order valence-electron chi connectivity index (χ2n) is 7.14. The number of amides is 2. The van der Waals surface area contributed by atoms with Crippen LogP contribution in [0.15, 0.2) is 36.4 Å². The van der Waals surface area contributed by atoms with Crippen molar-refractivity contribution in [2.45, 2.75) is 13.3 Å². The lowest BCUT2D eigenvalue weighted by Gasteiger charge is -2.16. The van der Waals surface area contributed by atoms with Gasteiger partial charge in [-0.1, -0.05) is 29.8 Å². The number of allylic oxidation sites excluding steroid dienone is 2. The van der Waals surface area contributed by atoms with E-state index in [0.29, 0.717) is 5.75 Å². The number of aryl methyl sites for hydroxylation is 1. The van der Waals surface area contributed by atoms with E-state index in [-0.39, 0.29) is 55.2 Å². The molecule has 1 aliphatic heterocycles. The average molecular weight is 355 g/mol. The minimum absolute atomic E-state index is 0.0720. The minimum atomic E-state index is -0.584. The van der Waals surface area contributed by atoms with Gasteiger partial charge in [0, 0.05) is 0 Å². The van der Waals surface area contributed by atoms with Crippen molar-refractivity contribution in [3.8, 4) is 5.75 Å². The highest BCUT2D eigenvalue weighted by Crippen LogP contribution is 2.52. The number of hydrogen-bond donors (Lipinski definition) is 0. The van der Waals surface area contributed by atoms with Gasteiger partial charge < -0.3 is 9.47 Å². The molecule has 2 aliphatic carbocycles. The molecular weight excluding hydrogens is 334 g/mol. The summed E-state index contributed by atoms with van der Waals surface area (Å²) in [7, 11) is 0. The van der Waals surface area contributed by atoms with E-state index in [1.54, 1.807) is 0 Å². The van der Waals surface area contributed by atoms with Crippen molar-refractivity contribution < 1.29 is 23.9 Å². The van der Waals surface area contributed by atoms with Gasteiger partial charge in [-0.25, -0.2) is 0 Å². The van der Waals surface area contributed by atoms with Crippen LogP contribution in [-0.4, -0.2) is 42.4 Å². The molecule has 1 heterocycles. The van der Waals surface area contributed by atoms with Crippen LogP contribution in [0.3, 0.4) is 0 Å². The van der Waals surface area contributed by atoms with Crippen molar-refractivity contribution in [2.24, 2.45) is 23.7 Å². The lowest BCUT2D eigenvalue weighted by Crippen LogP contribution is -2.38. The largest absolute Gasteiger partial charge is 0.490 e. The highest BCUT2D eigenvalue weighted by molar-refractivity contribution is 6.08. The normalized spacial score (nSPS) is 28.6. The molecule has 4 unspecified atom stereocenters. The Morgan fingerprint density at radius 2 is 1.65 bits per heavy atom. The van der Waals surface area contributed by atoms with Crippen molar-refractivity contribution in [1.82, 2.24) is 4.90 Å². The predicted octanol–water partition coefficient (Wildman–Crippen LogP) is 1.72. The quantitative estimate of drug-likeness (QED) is 0.336. The fourth-order valence-electron chi connectivity index (χ4n) is 4.24. The van der Waals surface area contributed by atoms with E-state index < -0.39 is 5.97 Å². The van der Waals surface area contributed by atoms with Crippen LogP contribution in [0.2, 0.25) is 0 Å². The highest BCUT2D eigenvalue weighted by atomic mass is 16.6. The molecular formula is C20H21NO5. The van der Waals surface area contributed by atoms with Gasteiger partial charge in [-0.05, 0) is 37.3 Å². The Balaban J connectivity index is 1.24. The topological polar surface area (TPSA) is 72.9 Å². The number of hydrogen-bond acceptors (Lipinski definition) is 5. The molecule has 0 radical (unpaired) electrons. The highest BCUT2D eigenvalue weighted by Gasteiger charge is 2.59. The van der Waals surface area contributed by atoms with Gasteiger partial charge in [0.2, 0.25) is 11.8 Å². The van der Waals surface area contributed by atoms with E-state index >= 15 is 0 Å². The minimum Gasteiger partial charge on any atom is -0.490 e. The zero-order chi connectivity index (χ0) is 18.3. The third-order valence-electron chi connectivity index (χ3n) is 5.48. The third-order valence-corrected chi connectivity index (χ3v) is 5.48. The van der Waals surface area contributed by atoms with E-state index in [9.17, 15) is 14.4 Å². The van der Waals surface area contributed by atoms with Gasteiger partial charge in [-0.3, -0.25) is 19.3 Å². The van der Waals surface area contributed by atoms with E-state index in [1.807, 2.05) is 43.3 Å². The molecule has 0 aromatic heterocycles. The van der Waals surface area contributed by atoms with E-state index in [1.165, 1.54) is 0 Å². The fraction of sp³-hybridized carbons (Fsp3) is 0.450. The standard InChI is InChI=1S/C20H21NO5/c1-12-2-6-15(7-3-12)25-8-9-26-16(22)11-21-19(23)17-13-4-5-14(10-13)18(17)20(21)24/h2-7,13-14,17-18H,8-11H2,1H3. The predicted molar refractivity (Wildman–Crippen MR) is 92.1 cm³/mol. The molecule has 1 aromatic carbocycles. The van der Waals surface area contributed by atoms with Crippen molar-refractivity contribution in [3.05, 3.63) is 42.0 Å². The summed E-state index contributed by atoms with van der Waals surface area (Å²) in [5.41, 5.74) is 1.14. The molecule has 136 valence electrons. The third kappa shape index (κ3) is 2.89. The van der Waals surface area contributed by atoms with Crippen molar-refractivity contribution in [1.29, 1.82) is 0 Å². The molecule has 0 spiro atoms. The molecule has 4 atom stereocenters. The second-order valence-corrected chi connectivity index (χ2v) is 7.14. The lowest BCUT2D eigenvalue weighted by atomic mass is 9.85. The van der Waals surface area contributed by atoms with E-state index in [2.05, 4.69) is 0 Å². The number of rotatable bonds is 6. The Kier molecular flexibility index (Phi) is 4.26. The first-order valence-corrected chi connectivity index (χ1v) is 8.93. The van der Waals surface area contributed by atoms with Crippen molar-refractivity contribution in [2.75, 3.05) is 19.8 Å². The summed E-state index contributed by atoms with van der Waals surface area (Å²) >= 11 is 0. The van der Waals surface area contributed by atoms with Crippen LogP contribution in [0.5, 0.6) is 5.75 Å². The zero-order valence-corrected chi connectivity index (χ0v) is 14.6. The van der Waals surface area contributed by atoms with Crippen LogP contribution >= 0.6 is 0 Å². The number of esters is 1. The maximum absolute atomic E-state index is 12.5. The summed E-state index contributed by atoms with van der Waals surface area (Å²) in [6.45, 7) is 1.97. The average Bonchev–Trinajstić information content (AvgIpc) is 3.30. The molecule has 6 nitrogen and oxygen atoms in total. The second kappa shape index (κ2) is 6.59. The molecule has 1 aromatic rings. The number of likely N-dealkylation sites (tertiary alicyclic amines) is 1. The van der Waals surface area contributed by atoms with Gasteiger partial charge in [-0.2, -0.15) is 0 Å². The van der Waals surface area contributed by atoms with Gasteiger partial charge >= 0.3 is 5.97 Å². The Labute approximate surface area is 151 Å². The number of carbonyl (C=O) groups is 3. The number of nitrogens with zero attached hydrogens (tertiary/aromatic N) is 1. The first kappa shape index (κ1) is 16.8. The number of fused-ring (bicyclic) bond motifs is 5. The van der Waals surface area contributed by atoms with Crippen LogP contribution in [0.1, 0.15) is 12.0 Å². The summed E-state index contributed by atoms with van der Waals surface area (Å²) in [6.07, 6.45) is 4.93. The van der Waals surface area contributed by atoms with E-state index in [0.717, 1.165) is 16.9 Å². The molecule has 0 N–H and O–H groups in total. The zero-order valence-electron chi connectivity index (χ0n) is 14.6. The van der Waals surface area contributed by atoms with Crippen LogP contribution in [0.4, 0.5) is 0 Å². The summed E-state index contributed by atoms with van der Waals surface area (Å²) in [6, 6.07) is 7.56. The van der Waals surface area contributed by atoms with Crippen molar-refractivity contribution in [3.63, 3.8) is 0 Å². The van der Waals surface area contributed by atoms with Gasteiger partial charge in [0.1, 0.15) is 25.5 Å². The number of benzene rings is 1. The molecule has 6 heteroatoms.